The Morgan fingerprint density at radius 2 is 0.918 bits per heavy atom. The molecule has 14 unspecified atom stereocenters. The molecule has 0 spiro atoms. The van der Waals surface area contributed by atoms with Gasteiger partial charge in [0.05, 0.1) is 46.1 Å². The third-order valence-electron chi connectivity index (χ3n) is 17.8. The lowest BCUT2D eigenvalue weighted by atomic mass is 9.87. The molecule has 554 valence electrons. The van der Waals surface area contributed by atoms with Crippen molar-refractivity contribution >= 4 is 41.8 Å². The van der Waals surface area contributed by atoms with Crippen molar-refractivity contribution in [2.24, 2.45) is 45.8 Å². The van der Waals surface area contributed by atoms with Crippen LogP contribution in [0.3, 0.4) is 0 Å². The van der Waals surface area contributed by atoms with Crippen LogP contribution in [-0.2, 0) is 79.1 Å². The van der Waals surface area contributed by atoms with Crippen LogP contribution in [-0.4, -0.2) is 110 Å². The van der Waals surface area contributed by atoms with E-state index in [-0.39, 0.29) is 48.7 Å². The topological polar surface area (TPSA) is 184 Å². The normalized spacial score (nSPS) is 22.1. The number of ether oxygens (including phenoxy) is 7. The maximum Gasteiger partial charge on any atom is 0.425 e. The monoisotopic (exact) mass is 1430 g/mol. The first-order valence-electron chi connectivity index (χ1n) is 30.8. The average Bonchev–Trinajstić information content (AvgIpc) is 1.58. The minimum absolute atomic E-state index is 0.00943. The molecule has 2 aromatic rings. The highest BCUT2D eigenvalue weighted by molar-refractivity contribution is 5.79. The third-order valence-corrected chi connectivity index (χ3v) is 17.8. The number of carbonyl (C=O) groups excluding carboxylic acids is 7. The van der Waals surface area contributed by atoms with Crippen LogP contribution in [0, 0.1) is 59.7 Å². The average molecular weight is 1430 g/mol. The number of benzene rings is 2. The molecule has 2 saturated heterocycles. The van der Waals surface area contributed by atoms with Gasteiger partial charge in [0.2, 0.25) is 0 Å². The zero-order valence-corrected chi connectivity index (χ0v) is 56.4. The number of carbonyl (C=O) groups is 7. The summed E-state index contributed by atoms with van der Waals surface area (Å²) in [6.45, 7) is 23.3. The van der Waals surface area contributed by atoms with Crippen molar-refractivity contribution < 1.29 is 146 Å². The number of rotatable bonds is 17. The van der Waals surface area contributed by atoms with Crippen molar-refractivity contribution in [3.63, 3.8) is 0 Å². The van der Waals surface area contributed by atoms with E-state index in [0.29, 0.717) is 55.7 Å². The summed E-state index contributed by atoms with van der Waals surface area (Å²) in [7, 11) is 0. The molecule has 0 aromatic heterocycles. The molecule has 4 aliphatic rings. The van der Waals surface area contributed by atoms with Gasteiger partial charge in [0, 0.05) is 11.8 Å². The summed E-state index contributed by atoms with van der Waals surface area (Å²) in [5.41, 5.74) is -4.39. The van der Waals surface area contributed by atoms with Gasteiger partial charge >= 0.3 is 78.8 Å². The Morgan fingerprint density at radius 1 is 0.515 bits per heavy atom. The van der Waals surface area contributed by atoms with Crippen LogP contribution in [0.25, 0.3) is 0 Å². The predicted molar refractivity (Wildman–Crippen MR) is 310 cm³/mol. The predicted octanol–water partition coefficient (Wildman–Crippen LogP) is 17.2. The fourth-order valence-electron chi connectivity index (χ4n) is 9.49. The van der Waals surface area contributed by atoms with Crippen LogP contribution in [0.1, 0.15) is 188 Å². The Hall–Kier alpha value is -6.53. The molecular weight excluding hydrogens is 1350 g/mol. The van der Waals surface area contributed by atoms with Crippen molar-refractivity contribution in [2.45, 2.75) is 242 Å². The highest BCUT2D eigenvalue weighted by Gasteiger charge is 2.64. The van der Waals surface area contributed by atoms with Crippen LogP contribution >= 0.6 is 0 Å². The van der Waals surface area contributed by atoms with Crippen LogP contribution in [0.2, 0.25) is 0 Å². The fraction of sp³-hybridized carbons (Fsp3) is 0.708. The second-order valence-corrected chi connectivity index (χ2v) is 26.1. The molecule has 2 aliphatic carbocycles. The van der Waals surface area contributed by atoms with Crippen molar-refractivity contribution in [2.75, 3.05) is 6.61 Å². The van der Waals surface area contributed by atoms with Crippen LogP contribution in [0.5, 0.6) is 0 Å². The number of hydrogen-bond acceptors (Lipinski definition) is 14. The minimum atomic E-state index is -4.95. The Balaban J connectivity index is 0.000000418. The molecule has 2 aromatic carbocycles. The molecule has 6 rings (SSSR count). The summed E-state index contributed by atoms with van der Waals surface area (Å²) < 4.78 is 258. The molecule has 2 bridgehead atoms. The number of aryl methyl sites for hydroxylation is 2. The Bertz CT molecular complexity index is 3020. The zero-order valence-electron chi connectivity index (χ0n) is 56.4. The second-order valence-electron chi connectivity index (χ2n) is 26.1. The van der Waals surface area contributed by atoms with E-state index in [2.05, 4.69) is 14.2 Å². The Labute approximate surface area is 550 Å². The van der Waals surface area contributed by atoms with Gasteiger partial charge in [0.1, 0.15) is 24.9 Å². The minimum Gasteiger partial charge on any atom is -0.462 e. The molecule has 2 saturated carbocycles. The van der Waals surface area contributed by atoms with Gasteiger partial charge in [0.15, 0.2) is 23.7 Å². The maximum atomic E-state index is 12.9. The summed E-state index contributed by atoms with van der Waals surface area (Å²) in [4.78, 5) is 81.1. The van der Waals surface area contributed by atoms with Gasteiger partial charge in [-0.15, -0.1) is 0 Å². The second kappa shape index (κ2) is 33.1. The number of esters is 7. The number of fused-ring (bicyclic) bond motifs is 1. The van der Waals surface area contributed by atoms with Crippen molar-refractivity contribution in [3.8, 4) is 0 Å². The van der Waals surface area contributed by atoms with Gasteiger partial charge in [-0.3, -0.25) is 33.6 Å². The number of halogens is 18. The van der Waals surface area contributed by atoms with Gasteiger partial charge in [0.25, 0.3) is 0 Å². The molecule has 0 radical (unpaired) electrons. The molecule has 0 N–H and O–H groups in total. The summed E-state index contributed by atoms with van der Waals surface area (Å²) in [6, 6.07) is 7.09. The number of hydrogen-bond donors (Lipinski definition) is 0. The van der Waals surface area contributed by atoms with Crippen molar-refractivity contribution in [1.82, 2.24) is 0 Å². The first-order chi connectivity index (χ1) is 43.7. The first kappa shape index (κ1) is 86.6. The molecule has 97 heavy (non-hydrogen) atoms. The standard InChI is InChI=1S/C17H19F3O4.C16H18F6O2.C14H20O4.C9H12F6O2.C9H15F3O2/c1-9-4-12(6-13(5-9)17(18,19)20)10(2)11(3)16(22)24-14-7-15(21)23-8-14;1-8-5-12(7-13(6-8)16(20,21)22)9(2)10(3)14(23)24-11(4)15(17,18)19;1-4-14(2,3)13(16)18-10-7-5-8-9(6-7)12(15)17-11(8)10;1-4-7(3,9(13,14)15)6(16)17-5(2)8(10,11)12;1-5-8(3,4)7(13)14-6(2)9(10,11)12/h4-6,10-11,14H,7-8H2,1-3H3;5-7,9-11H,1-4H3;7-11H,4-6H2,1-3H3;5H,4H2,1-3H3;6H,5H2,1-4H3. The molecule has 14 nitrogen and oxygen atoms in total. The van der Waals surface area contributed by atoms with Crippen LogP contribution < -0.4 is 0 Å². The molecule has 0 amide bonds. The molecule has 2 aliphatic heterocycles. The lowest BCUT2D eigenvalue weighted by Crippen LogP contribution is -2.46. The highest BCUT2D eigenvalue weighted by Crippen LogP contribution is 2.56. The van der Waals surface area contributed by atoms with E-state index in [0.717, 1.165) is 57.4 Å². The summed E-state index contributed by atoms with van der Waals surface area (Å²) >= 11 is 0. The van der Waals surface area contributed by atoms with Gasteiger partial charge < -0.3 is 33.2 Å². The van der Waals surface area contributed by atoms with E-state index in [1.165, 1.54) is 26.8 Å². The van der Waals surface area contributed by atoms with E-state index in [9.17, 15) is 113 Å². The van der Waals surface area contributed by atoms with Crippen molar-refractivity contribution in [3.05, 3.63) is 69.8 Å². The molecule has 2 heterocycles. The van der Waals surface area contributed by atoms with Gasteiger partial charge in [-0.05, 0) is 149 Å². The maximum absolute atomic E-state index is 12.9. The van der Waals surface area contributed by atoms with Crippen LogP contribution in [0.4, 0.5) is 79.0 Å². The van der Waals surface area contributed by atoms with Crippen LogP contribution in [0.15, 0.2) is 36.4 Å². The zero-order chi connectivity index (χ0) is 75.7. The smallest absolute Gasteiger partial charge is 0.425 e. The Kier molecular flexibility index (Phi) is 29.5. The van der Waals surface area contributed by atoms with E-state index in [1.54, 1.807) is 47.6 Å². The van der Waals surface area contributed by atoms with E-state index in [4.69, 9.17) is 18.9 Å². The third kappa shape index (κ3) is 24.1. The van der Waals surface area contributed by atoms with Gasteiger partial charge in [-0.2, -0.15) is 79.0 Å². The lowest BCUT2D eigenvalue weighted by molar-refractivity contribution is -0.252. The van der Waals surface area contributed by atoms with Gasteiger partial charge in [-0.1, -0.05) is 71.7 Å². The first-order valence-corrected chi connectivity index (χ1v) is 30.8. The quantitative estimate of drug-likeness (QED) is 0.0828. The number of cyclic esters (lactones) is 1. The van der Waals surface area contributed by atoms with E-state index >= 15 is 0 Å². The van der Waals surface area contributed by atoms with E-state index in [1.807, 2.05) is 20.8 Å². The molecule has 14 atom stereocenters. The van der Waals surface area contributed by atoms with Crippen molar-refractivity contribution in [1.29, 1.82) is 0 Å². The Morgan fingerprint density at radius 3 is 1.29 bits per heavy atom. The van der Waals surface area contributed by atoms with Gasteiger partial charge in [-0.25, -0.2) is 0 Å². The molecule has 4 fully saturated rings. The summed E-state index contributed by atoms with van der Waals surface area (Å²) in [5.74, 6) is -7.25. The molecule has 32 heteroatoms. The SMILES string of the molecule is CCC(C)(C(=O)OC(C)C(F)(F)F)C(F)(F)F.CCC(C)(C)C(=O)OC(C)C(F)(F)F.CCC(C)(C)C(=O)OC1C2CC3C(=O)OC1C3C2.Cc1cc(C(C)C(C)C(=O)OC(C)C(F)(F)F)cc(C(F)(F)F)c1.Cc1cc(C(C)C(C)C(=O)OC2COC(=O)C2)cc(C(F)(F)F)c1. The lowest BCUT2D eigenvalue weighted by Gasteiger charge is -2.30. The van der Waals surface area contributed by atoms with E-state index < -0.39 is 149 Å². The summed E-state index contributed by atoms with van der Waals surface area (Å²) in [6.07, 6.45) is -33.5. The molecular formula is C65H84F18O14. The summed E-state index contributed by atoms with van der Waals surface area (Å²) in [5, 5.41) is 0. The fourth-order valence-corrected chi connectivity index (χ4v) is 9.49. The highest BCUT2D eigenvalue weighted by atomic mass is 19.4. The largest absolute Gasteiger partial charge is 0.462 e. The number of alkyl halides is 18.